The van der Waals surface area contributed by atoms with Gasteiger partial charge in [-0.1, -0.05) is 23.8 Å². The van der Waals surface area contributed by atoms with Crippen molar-refractivity contribution in [1.82, 2.24) is 9.88 Å². The molecule has 1 aromatic heterocycles. The van der Waals surface area contributed by atoms with Crippen LogP contribution in [0, 0.1) is 13.8 Å². The maximum Gasteiger partial charge on any atom is 0.0364 e. The predicted molar refractivity (Wildman–Crippen MR) is 81.3 cm³/mol. The van der Waals surface area contributed by atoms with Gasteiger partial charge in [0.05, 0.1) is 0 Å². The lowest BCUT2D eigenvalue weighted by Gasteiger charge is -2.18. The molecular formula is C17H24N2. The average molecular weight is 256 g/mol. The molecule has 0 amide bonds. The van der Waals surface area contributed by atoms with E-state index in [9.17, 15) is 0 Å². The SMILES string of the molecule is CCn1cccc1CNC(C)c1ccc(C)cc1C. The Morgan fingerprint density at radius 1 is 1.21 bits per heavy atom. The molecule has 0 saturated heterocycles. The Balaban J connectivity index is 2.03. The van der Waals surface area contributed by atoms with Crippen molar-refractivity contribution in [2.75, 3.05) is 0 Å². The molecule has 2 heteroatoms. The standard InChI is InChI=1S/C17H24N2/c1-5-19-10-6-7-16(19)12-18-15(4)17-9-8-13(2)11-14(17)3/h6-11,15,18H,5,12H2,1-4H3. The number of nitrogens with zero attached hydrogens (tertiary/aromatic N) is 1. The highest BCUT2D eigenvalue weighted by atomic mass is 15.0. The van der Waals surface area contributed by atoms with Crippen molar-refractivity contribution in [2.45, 2.75) is 46.8 Å². The lowest BCUT2D eigenvalue weighted by atomic mass is 10.0. The summed E-state index contributed by atoms with van der Waals surface area (Å²) in [5.41, 5.74) is 5.43. The Morgan fingerprint density at radius 3 is 2.68 bits per heavy atom. The van der Waals surface area contributed by atoms with E-state index in [4.69, 9.17) is 0 Å². The summed E-state index contributed by atoms with van der Waals surface area (Å²) in [4.78, 5) is 0. The molecule has 0 aliphatic rings. The van der Waals surface area contributed by atoms with E-state index >= 15 is 0 Å². The van der Waals surface area contributed by atoms with Crippen LogP contribution in [0.2, 0.25) is 0 Å². The molecule has 0 saturated carbocycles. The minimum absolute atomic E-state index is 0.376. The van der Waals surface area contributed by atoms with Crippen LogP contribution >= 0.6 is 0 Å². The van der Waals surface area contributed by atoms with Gasteiger partial charge in [0.15, 0.2) is 0 Å². The quantitative estimate of drug-likeness (QED) is 0.856. The van der Waals surface area contributed by atoms with Crippen molar-refractivity contribution in [3.8, 4) is 0 Å². The molecule has 0 bridgehead atoms. The van der Waals surface area contributed by atoms with Crippen LogP contribution in [-0.4, -0.2) is 4.57 Å². The van der Waals surface area contributed by atoms with E-state index in [0.29, 0.717) is 6.04 Å². The van der Waals surface area contributed by atoms with Gasteiger partial charge in [0.2, 0.25) is 0 Å². The number of rotatable bonds is 5. The van der Waals surface area contributed by atoms with E-state index in [1.165, 1.54) is 22.4 Å². The Bertz CT molecular complexity index is 540. The molecule has 1 atom stereocenters. The van der Waals surface area contributed by atoms with Gasteiger partial charge in [-0.05, 0) is 51.0 Å². The molecule has 1 heterocycles. The van der Waals surface area contributed by atoms with Crippen LogP contribution in [0.5, 0.6) is 0 Å². The molecule has 2 aromatic rings. The fourth-order valence-corrected chi connectivity index (χ4v) is 2.60. The Labute approximate surface area is 116 Å². The second-order valence-corrected chi connectivity index (χ2v) is 5.25. The van der Waals surface area contributed by atoms with E-state index in [2.05, 4.69) is 74.1 Å². The van der Waals surface area contributed by atoms with Crippen LogP contribution in [-0.2, 0) is 13.1 Å². The first-order valence-electron chi connectivity index (χ1n) is 7.06. The van der Waals surface area contributed by atoms with E-state index in [1.54, 1.807) is 0 Å². The first kappa shape index (κ1) is 13.9. The fraction of sp³-hybridized carbons (Fsp3) is 0.412. The third kappa shape index (κ3) is 3.27. The summed E-state index contributed by atoms with van der Waals surface area (Å²) in [6.07, 6.45) is 2.14. The number of aromatic nitrogens is 1. The molecule has 2 nitrogen and oxygen atoms in total. The minimum atomic E-state index is 0.376. The van der Waals surface area contributed by atoms with Crippen LogP contribution in [0.4, 0.5) is 0 Å². The second kappa shape index (κ2) is 6.07. The van der Waals surface area contributed by atoms with Gasteiger partial charge in [-0.25, -0.2) is 0 Å². The zero-order valence-corrected chi connectivity index (χ0v) is 12.4. The van der Waals surface area contributed by atoms with Crippen LogP contribution in [0.25, 0.3) is 0 Å². The maximum atomic E-state index is 3.62. The van der Waals surface area contributed by atoms with E-state index in [1.807, 2.05) is 0 Å². The van der Waals surface area contributed by atoms with Crippen LogP contribution in [0.3, 0.4) is 0 Å². The molecule has 0 fully saturated rings. The van der Waals surface area contributed by atoms with Crippen LogP contribution in [0.15, 0.2) is 36.5 Å². The number of nitrogens with one attached hydrogen (secondary N) is 1. The lowest BCUT2D eigenvalue weighted by molar-refractivity contribution is 0.547. The lowest BCUT2D eigenvalue weighted by Crippen LogP contribution is -2.20. The Hall–Kier alpha value is -1.54. The summed E-state index contributed by atoms with van der Waals surface area (Å²) in [5.74, 6) is 0. The van der Waals surface area contributed by atoms with Gasteiger partial charge >= 0.3 is 0 Å². The maximum absolute atomic E-state index is 3.62. The highest BCUT2D eigenvalue weighted by molar-refractivity contribution is 5.32. The summed E-state index contributed by atoms with van der Waals surface area (Å²) in [7, 11) is 0. The number of hydrogen-bond acceptors (Lipinski definition) is 1. The summed E-state index contributed by atoms with van der Waals surface area (Å²) >= 11 is 0. The largest absolute Gasteiger partial charge is 0.351 e. The Kier molecular flexibility index (Phi) is 4.43. The molecule has 19 heavy (non-hydrogen) atoms. The summed E-state index contributed by atoms with van der Waals surface area (Å²) < 4.78 is 2.28. The van der Waals surface area contributed by atoms with Gasteiger partial charge in [-0.15, -0.1) is 0 Å². The summed E-state index contributed by atoms with van der Waals surface area (Å²) in [5, 5.41) is 3.62. The zero-order chi connectivity index (χ0) is 13.8. The zero-order valence-electron chi connectivity index (χ0n) is 12.4. The second-order valence-electron chi connectivity index (χ2n) is 5.25. The normalized spacial score (nSPS) is 12.6. The van der Waals surface area contributed by atoms with Crippen LogP contribution < -0.4 is 5.32 Å². The third-order valence-electron chi connectivity index (χ3n) is 3.75. The Morgan fingerprint density at radius 2 is 2.00 bits per heavy atom. The highest BCUT2D eigenvalue weighted by Crippen LogP contribution is 2.19. The van der Waals surface area contributed by atoms with E-state index < -0.39 is 0 Å². The van der Waals surface area contributed by atoms with Crippen molar-refractivity contribution >= 4 is 0 Å². The van der Waals surface area contributed by atoms with Crippen molar-refractivity contribution < 1.29 is 0 Å². The smallest absolute Gasteiger partial charge is 0.0364 e. The summed E-state index contributed by atoms with van der Waals surface area (Å²) in [6.45, 7) is 10.7. The number of benzene rings is 1. The van der Waals surface area contributed by atoms with Gasteiger partial charge in [0.1, 0.15) is 0 Å². The van der Waals surface area contributed by atoms with Crippen molar-refractivity contribution in [2.24, 2.45) is 0 Å². The fourth-order valence-electron chi connectivity index (χ4n) is 2.60. The topological polar surface area (TPSA) is 17.0 Å². The van der Waals surface area contributed by atoms with Crippen molar-refractivity contribution in [3.05, 3.63) is 58.9 Å². The van der Waals surface area contributed by atoms with E-state index in [0.717, 1.165) is 13.1 Å². The molecule has 1 N–H and O–H groups in total. The monoisotopic (exact) mass is 256 g/mol. The molecule has 0 aliphatic heterocycles. The first-order valence-corrected chi connectivity index (χ1v) is 7.06. The molecule has 2 rings (SSSR count). The number of hydrogen-bond donors (Lipinski definition) is 1. The first-order chi connectivity index (χ1) is 9.11. The third-order valence-corrected chi connectivity index (χ3v) is 3.75. The van der Waals surface area contributed by atoms with Crippen molar-refractivity contribution in [1.29, 1.82) is 0 Å². The van der Waals surface area contributed by atoms with Crippen LogP contribution in [0.1, 0.15) is 42.3 Å². The molecule has 0 aliphatic carbocycles. The average Bonchev–Trinajstić information content (AvgIpc) is 2.83. The predicted octanol–water partition coefficient (Wildman–Crippen LogP) is 3.98. The van der Waals surface area contributed by atoms with Gasteiger partial charge in [-0.3, -0.25) is 0 Å². The molecule has 102 valence electrons. The number of aryl methyl sites for hydroxylation is 3. The van der Waals surface area contributed by atoms with Gasteiger partial charge < -0.3 is 9.88 Å². The molecule has 1 aromatic carbocycles. The highest BCUT2D eigenvalue weighted by Gasteiger charge is 2.08. The molecule has 0 radical (unpaired) electrons. The molecule has 1 unspecified atom stereocenters. The molecular weight excluding hydrogens is 232 g/mol. The molecule has 0 spiro atoms. The van der Waals surface area contributed by atoms with Gasteiger partial charge in [-0.2, -0.15) is 0 Å². The van der Waals surface area contributed by atoms with Gasteiger partial charge in [0.25, 0.3) is 0 Å². The van der Waals surface area contributed by atoms with Gasteiger partial charge in [0, 0.05) is 31.0 Å². The van der Waals surface area contributed by atoms with Crippen molar-refractivity contribution in [3.63, 3.8) is 0 Å². The minimum Gasteiger partial charge on any atom is -0.351 e. The van der Waals surface area contributed by atoms with E-state index in [-0.39, 0.29) is 0 Å². The summed E-state index contributed by atoms with van der Waals surface area (Å²) in [6, 6.07) is 11.4.